The first-order chi connectivity index (χ1) is 13.7. The van der Waals surface area contributed by atoms with Crippen molar-refractivity contribution in [1.29, 1.82) is 0 Å². The van der Waals surface area contributed by atoms with Gasteiger partial charge in [-0.25, -0.2) is 9.97 Å². The molecule has 4 rings (SSSR count). The molecule has 1 amide bonds. The summed E-state index contributed by atoms with van der Waals surface area (Å²) in [5.41, 5.74) is 0.793. The number of piperidine rings is 1. The van der Waals surface area contributed by atoms with Gasteiger partial charge in [-0.15, -0.1) is 0 Å². The van der Waals surface area contributed by atoms with Gasteiger partial charge in [-0.05, 0) is 37.0 Å². The van der Waals surface area contributed by atoms with E-state index in [1.165, 1.54) is 10.6 Å². The van der Waals surface area contributed by atoms with Gasteiger partial charge in [-0.1, -0.05) is 18.2 Å². The number of anilines is 1. The number of hydrogen-bond donors (Lipinski definition) is 1. The molecule has 1 saturated heterocycles. The minimum Gasteiger partial charge on any atom is -0.356 e. The number of pyridine rings is 1. The number of fused-ring (bicyclic) bond motifs is 1. The average molecular weight is 377 g/mol. The molecular weight excluding hydrogens is 354 g/mol. The molecule has 1 aliphatic rings. The van der Waals surface area contributed by atoms with Crippen LogP contribution in [-0.4, -0.2) is 40.1 Å². The second kappa shape index (κ2) is 8.21. The van der Waals surface area contributed by atoms with Crippen molar-refractivity contribution in [2.24, 2.45) is 5.92 Å². The second-order valence-corrected chi connectivity index (χ2v) is 7.12. The first kappa shape index (κ1) is 18.2. The second-order valence-electron chi connectivity index (χ2n) is 7.12. The lowest BCUT2D eigenvalue weighted by molar-refractivity contribution is -0.121. The molecule has 28 heavy (non-hydrogen) atoms. The summed E-state index contributed by atoms with van der Waals surface area (Å²) >= 11 is 0. The third kappa shape index (κ3) is 4.03. The van der Waals surface area contributed by atoms with E-state index >= 15 is 0 Å². The summed E-state index contributed by atoms with van der Waals surface area (Å²) in [7, 11) is 0. The standard InChI is InChI=1S/C21H23N5O2/c27-19(14-26-10-4-3-7-20(26)28)22-13-16-8-11-25(12-9-16)21-17-5-1-2-6-18(17)23-15-24-21/h1-7,10,15-16H,8-9,11-14H2,(H,22,27). The van der Waals surface area contributed by atoms with E-state index in [0.29, 0.717) is 12.5 Å². The van der Waals surface area contributed by atoms with Gasteiger partial charge in [0.1, 0.15) is 18.7 Å². The maximum Gasteiger partial charge on any atom is 0.250 e. The number of amides is 1. The highest BCUT2D eigenvalue weighted by Gasteiger charge is 2.22. The van der Waals surface area contributed by atoms with E-state index in [4.69, 9.17) is 0 Å². The summed E-state index contributed by atoms with van der Waals surface area (Å²) in [4.78, 5) is 35.0. The quantitative estimate of drug-likeness (QED) is 0.734. The third-order valence-electron chi connectivity index (χ3n) is 5.24. The molecule has 1 fully saturated rings. The molecule has 0 radical (unpaired) electrons. The Hall–Kier alpha value is -3.22. The number of hydrogen-bond acceptors (Lipinski definition) is 5. The van der Waals surface area contributed by atoms with Crippen LogP contribution in [0, 0.1) is 5.92 Å². The largest absolute Gasteiger partial charge is 0.356 e. The SMILES string of the molecule is O=C(Cn1ccccc1=O)NCC1CCN(c2ncnc3ccccc23)CC1. The van der Waals surface area contributed by atoms with Gasteiger partial charge in [0.2, 0.25) is 5.91 Å². The molecule has 0 aliphatic carbocycles. The summed E-state index contributed by atoms with van der Waals surface area (Å²) in [6.07, 6.45) is 5.23. The summed E-state index contributed by atoms with van der Waals surface area (Å²) in [6.45, 7) is 2.50. The molecule has 0 bridgehead atoms. The molecular formula is C21H23N5O2. The molecule has 0 saturated carbocycles. The van der Waals surface area contributed by atoms with Crippen molar-refractivity contribution >= 4 is 22.6 Å². The van der Waals surface area contributed by atoms with E-state index in [1.807, 2.05) is 18.2 Å². The molecule has 2 aromatic heterocycles. The van der Waals surface area contributed by atoms with Crippen LogP contribution in [0.15, 0.2) is 59.8 Å². The lowest BCUT2D eigenvalue weighted by Gasteiger charge is -2.33. The fourth-order valence-electron chi connectivity index (χ4n) is 3.65. The van der Waals surface area contributed by atoms with Gasteiger partial charge in [0, 0.05) is 37.3 Å². The van der Waals surface area contributed by atoms with E-state index in [1.54, 1.807) is 24.7 Å². The lowest BCUT2D eigenvalue weighted by atomic mass is 9.96. The number of nitrogens with zero attached hydrogens (tertiary/aromatic N) is 4. The Bertz CT molecular complexity index is 1020. The van der Waals surface area contributed by atoms with Crippen molar-refractivity contribution in [1.82, 2.24) is 19.9 Å². The molecule has 1 N–H and O–H groups in total. The minimum atomic E-state index is -0.164. The number of carbonyl (C=O) groups excluding carboxylic acids is 1. The molecule has 7 nitrogen and oxygen atoms in total. The van der Waals surface area contributed by atoms with E-state index in [9.17, 15) is 9.59 Å². The van der Waals surface area contributed by atoms with Crippen LogP contribution >= 0.6 is 0 Å². The van der Waals surface area contributed by atoms with Gasteiger partial charge in [0.25, 0.3) is 5.56 Å². The molecule has 3 aromatic rings. The van der Waals surface area contributed by atoms with Crippen LogP contribution in [-0.2, 0) is 11.3 Å². The van der Waals surface area contributed by atoms with E-state index in [-0.39, 0.29) is 18.0 Å². The Morgan fingerprint density at radius 2 is 1.86 bits per heavy atom. The van der Waals surface area contributed by atoms with Gasteiger partial charge in [-0.3, -0.25) is 9.59 Å². The molecule has 7 heteroatoms. The van der Waals surface area contributed by atoms with Crippen LogP contribution < -0.4 is 15.8 Å². The van der Waals surface area contributed by atoms with E-state index < -0.39 is 0 Å². The summed E-state index contributed by atoms with van der Waals surface area (Å²) in [6, 6.07) is 12.9. The zero-order valence-corrected chi connectivity index (χ0v) is 15.6. The van der Waals surface area contributed by atoms with Crippen LogP contribution in [0.25, 0.3) is 10.9 Å². The van der Waals surface area contributed by atoms with Crippen molar-refractivity contribution in [3.8, 4) is 0 Å². The molecule has 0 unspecified atom stereocenters. The van der Waals surface area contributed by atoms with Crippen molar-refractivity contribution in [3.63, 3.8) is 0 Å². The van der Waals surface area contributed by atoms with Crippen molar-refractivity contribution in [2.75, 3.05) is 24.5 Å². The Morgan fingerprint density at radius 3 is 2.68 bits per heavy atom. The highest BCUT2D eigenvalue weighted by atomic mass is 16.2. The first-order valence-corrected chi connectivity index (χ1v) is 9.57. The number of para-hydroxylation sites is 1. The van der Waals surface area contributed by atoms with Gasteiger partial charge in [-0.2, -0.15) is 0 Å². The Morgan fingerprint density at radius 1 is 1.07 bits per heavy atom. The topological polar surface area (TPSA) is 80.1 Å². The van der Waals surface area contributed by atoms with Gasteiger partial charge in [0.15, 0.2) is 0 Å². The molecule has 144 valence electrons. The Kier molecular flexibility index (Phi) is 5.32. The molecule has 1 aromatic carbocycles. The van der Waals surface area contributed by atoms with Crippen molar-refractivity contribution in [2.45, 2.75) is 19.4 Å². The van der Waals surface area contributed by atoms with Crippen LogP contribution in [0.4, 0.5) is 5.82 Å². The Labute approximate surface area is 163 Å². The minimum absolute atomic E-state index is 0.0610. The summed E-state index contributed by atoms with van der Waals surface area (Å²) in [5, 5.41) is 4.04. The van der Waals surface area contributed by atoms with Crippen molar-refractivity contribution in [3.05, 3.63) is 65.3 Å². The number of nitrogens with one attached hydrogen (secondary N) is 1. The molecule has 0 atom stereocenters. The predicted octanol–water partition coefficient (Wildman–Crippen LogP) is 1.82. The smallest absolute Gasteiger partial charge is 0.250 e. The molecule has 3 heterocycles. The van der Waals surface area contributed by atoms with E-state index in [0.717, 1.165) is 42.7 Å². The van der Waals surface area contributed by atoms with Crippen LogP contribution in [0.5, 0.6) is 0 Å². The lowest BCUT2D eigenvalue weighted by Crippen LogP contribution is -2.40. The highest BCUT2D eigenvalue weighted by Crippen LogP contribution is 2.26. The molecule has 1 aliphatic heterocycles. The van der Waals surface area contributed by atoms with Crippen LogP contribution in [0.2, 0.25) is 0 Å². The fraction of sp³-hybridized carbons (Fsp3) is 0.333. The summed E-state index contributed by atoms with van der Waals surface area (Å²) in [5.74, 6) is 1.29. The zero-order valence-electron chi connectivity index (χ0n) is 15.6. The average Bonchev–Trinajstić information content (AvgIpc) is 2.74. The number of aromatic nitrogens is 3. The summed E-state index contributed by atoms with van der Waals surface area (Å²) < 4.78 is 1.41. The van der Waals surface area contributed by atoms with Crippen LogP contribution in [0.3, 0.4) is 0 Å². The Balaban J connectivity index is 1.30. The predicted molar refractivity (Wildman–Crippen MR) is 108 cm³/mol. The normalized spacial score (nSPS) is 14.9. The maximum atomic E-state index is 12.1. The van der Waals surface area contributed by atoms with Gasteiger partial charge < -0.3 is 14.8 Å². The zero-order chi connectivity index (χ0) is 19.3. The van der Waals surface area contributed by atoms with Gasteiger partial charge >= 0.3 is 0 Å². The number of rotatable bonds is 5. The number of carbonyl (C=O) groups is 1. The molecule has 0 spiro atoms. The van der Waals surface area contributed by atoms with E-state index in [2.05, 4.69) is 26.3 Å². The van der Waals surface area contributed by atoms with Gasteiger partial charge in [0.05, 0.1) is 5.52 Å². The monoisotopic (exact) mass is 377 g/mol. The van der Waals surface area contributed by atoms with Crippen LogP contribution in [0.1, 0.15) is 12.8 Å². The van der Waals surface area contributed by atoms with Crippen molar-refractivity contribution < 1.29 is 4.79 Å². The highest BCUT2D eigenvalue weighted by molar-refractivity contribution is 5.89. The fourth-order valence-corrected chi connectivity index (χ4v) is 3.65. The third-order valence-corrected chi connectivity index (χ3v) is 5.24. The first-order valence-electron chi connectivity index (χ1n) is 9.57. The maximum absolute atomic E-state index is 12.1. The number of benzene rings is 1.